The van der Waals surface area contributed by atoms with Gasteiger partial charge in [0.2, 0.25) is 10.0 Å². The number of nitrogens with one attached hydrogen (secondary N) is 1. The van der Waals surface area contributed by atoms with Crippen LogP contribution in [0.1, 0.15) is 10.4 Å². The number of aromatic carboxylic acids is 1. The number of carboxylic acids is 1. The number of sulfonamides is 1. The highest BCUT2D eigenvalue weighted by Gasteiger charge is 2.16. The summed E-state index contributed by atoms with van der Waals surface area (Å²) in [5, 5.41) is 8.61. The monoisotopic (exact) mass is 275 g/mol. The van der Waals surface area contributed by atoms with Gasteiger partial charge in [-0.15, -0.1) is 6.58 Å². The molecule has 0 bridgehead atoms. The van der Waals surface area contributed by atoms with Crippen molar-refractivity contribution in [2.24, 2.45) is 0 Å². The van der Waals surface area contributed by atoms with Crippen LogP contribution in [0.15, 0.2) is 35.7 Å². The van der Waals surface area contributed by atoms with Gasteiger partial charge >= 0.3 is 5.97 Å². The average Bonchev–Trinajstić information content (AvgIpc) is 2.25. The topological polar surface area (TPSA) is 83.5 Å². The Balaban J connectivity index is 3.13. The largest absolute Gasteiger partial charge is 0.478 e. The Morgan fingerprint density at radius 1 is 1.53 bits per heavy atom. The Morgan fingerprint density at radius 3 is 2.65 bits per heavy atom. The molecule has 0 saturated heterocycles. The molecule has 1 aromatic carbocycles. The van der Waals surface area contributed by atoms with Crippen molar-refractivity contribution in [3.05, 3.63) is 41.4 Å². The summed E-state index contributed by atoms with van der Waals surface area (Å²) in [6, 6.07) is 3.42. The minimum absolute atomic E-state index is 0.0840. The van der Waals surface area contributed by atoms with E-state index in [2.05, 4.69) is 11.3 Å². The number of carbonyl (C=O) groups is 1. The summed E-state index contributed by atoms with van der Waals surface area (Å²) in [7, 11) is -3.69. The summed E-state index contributed by atoms with van der Waals surface area (Å²) < 4.78 is 25.6. The lowest BCUT2D eigenvalue weighted by Gasteiger charge is -2.06. The fourth-order valence-electron chi connectivity index (χ4n) is 1.09. The van der Waals surface area contributed by atoms with Gasteiger partial charge in [0.05, 0.1) is 15.5 Å². The number of carboxylic acid groups (broad SMARTS) is 1. The lowest BCUT2D eigenvalue weighted by Crippen LogP contribution is -2.23. The summed E-state index contributed by atoms with van der Waals surface area (Å²) in [6.45, 7) is 3.47. The lowest BCUT2D eigenvalue weighted by molar-refractivity contribution is 0.0697. The van der Waals surface area contributed by atoms with E-state index in [1.807, 2.05) is 0 Å². The van der Waals surface area contributed by atoms with Crippen LogP contribution in [0.3, 0.4) is 0 Å². The van der Waals surface area contributed by atoms with E-state index in [0.717, 1.165) is 12.1 Å². The first kappa shape index (κ1) is 13.7. The standard InChI is InChI=1S/C10H10ClNO4S/c1-2-5-12-17(15,16)7-3-4-8(10(13)14)9(11)6-7/h2-4,6,12H,1,5H2,(H,13,14). The Bertz CT molecular complexity index is 553. The molecule has 0 aliphatic heterocycles. The van der Waals surface area contributed by atoms with Gasteiger partial charge in [-0.1, -0.05) is 17.7 Å². The molecule has 5 nitrogen and oxygen atoms in total. The van der Waals surface area contributed by atoms with Gasteiger partial charge in [-0.05, 0) is 18.2 Å². The van der Waals surface area contributed by atoms with Crippen LogP contribution in [0.2, 0.25) is 5.02 Å². The van der Waals surface area contributed by atoms with Crippen molar-refractivity contribution in [2.45, 2.75) is 4.90 Å². The maximum Gasteiger partial charge on any atom is 0.337 e. The highest BCUT2D eigenvalue weighted by atomic mass is 35.5. The van der Waals surface area contributed by atoms with E-state index in [4.69, 9.17) is 16.7 Å². The molecule has 2 N–H and O–H groups in total. The van der Waals surface area contributed by atoms with E-state index >= 15 is 0 Å². The van der Waals surface area contributed by atoms with Crippen LogP contribution >= 0.6 is 11.6 Å². The molecule has 0 amide bonds. The maximum absolute atomic E-state index is 11.7. The zero-order chi connectivity index (χ0) is 13.1. The molecule has 0 atom stereocenters. The van der Waals surface area contributed by atoms with Crippen molar-refractivity contribution in [3.63, 3.8) is 0 Å². The minimum Gasteiger partial charge on any atom is -0.478 e. The fraction of sp³-hybridized carbons (Fsp3) is 0.100. The molecule has 0 heterocycles. The van der Waals surface area contributed by atoms with Crippen molar-refractivity contribution in [1.29, 1.82) is 0 Å². The third-order valence-corrected chi connectivity index (χ3v) is 3.63. The van der Waals surface area contributed by atoms with E-state index in [-0.39, 0.29) is 22.0 Å². The quantitative estimate of drug-likeness (QED) is 0.798. The van der Waals surface area contributed by atoms with Crippen LogP contribution in [-0.4, -0.2) is 26.0 Å². The molecule has 0 unspecified atom stereocenters. The third kappa shape index (κ3) is 3.29. The van der Waals surface area contributed by atoms with Crippen molar-refractivity contribution >= 4 is 27.6 Å². The van der Waals surface area contributed by atoms with Crippen molar-refractivity contribution in [1.82, 2.24) is 4.72 Å². The molecule has 92 valence electrons. The lowest BCUT2D eigenvalue weighted by atomic mass is 10.2. The Morgan fingerprint density at radius 2 is 2.18 bits per heavy atom. The van der Waals surface area contributed by atoms with Gasteiger partial charge in [-0.25, -0.2) is 17.9 Å². The first-order chi connectivity index (χ1) is 7.88. The van der Waals surface area contributed by atoms with E-state index < -0.39 is 16.0 Å². The molecule has 0 fully saturated rings. The van der Waals surface area contributed by atoms with Gasteiger partial charge < -0.3 is 5.11 Å². The second-order valence-corrected chi connectivity index (χ2v) is 5.26. The Kier molecular flexibility index (Phi) is 4.28. The first-order valence-electron chi connectivity index (χ1n) is 4.52. The van der Waals surface area contributed by atoms with Crippen LogP contribution in [0.4, 0.5) is 0 Å². The number of hydrogen-bond donors (Lipinski definition) is 2. The molecular formula is C10H10ClNO4S. The number of hydrogen-bond acceptors (Lipinski definition) is 3. The van der Waals surface area contributed by atoms with Crippen molar-refractivity contribution in [2.75, 3.05) is 6.54 Å². The Hall–Kier alpha value is -1.37. The molecule has 0 saturated carbocycles. The van der Waals surface area contributed by atoms with Crippen LogP contribution in [0.25, 0.3) is 0 Å². The second-order valence-electron chi connectivity index (χ2n) is 3.09. The van der Waals surface area contributed by atoms with E-state index in [0.29, 0.717) is 0 Å². The normalized spacial score (nSPS) is 11.1. The summed E-state index contributed by atoms with van der Waals surface area (Å²) in [4.78, 5) is 10.6. The molecule has 0 radical (unpaired) electrons. The maximum atomic E-state index is 11.7. The number of benzene rings is 1. The second kappa shape index (κ2) is 5.31. The summed E-state index contributed by atoms with van der Waals surface area (Å²) in [5.74, 6) is -1.21. The van der Waals surface area contributed by atoms with Gasteiger partial charge in [0.25, 0.3) is 0 Å². The van der Waals surface area contributed by atoms with Crippen LogP contribution in [0.5, 0.6) is 0 Å². The molecule has 0 aliphatic rings. The first-order valence-corrected chi connectivity index (χ1v) is 6.38. The van der Waals surface area contributed by atoms with Crippen LogP contribution in [-0.2, 0) is 10.0 Å². The van der Waals surface area contributed by atoms with Gasteiger partial charge in [-0.2, -0.15) is 0 Å². The van der Waals surface area contributed by atoms with Gasteiger partial charge in [0.1, 0.15) is 0 Å². The van der Waals surface area contributed by atoms with E-state index in [1.165, 1.54) is 12.1 Å². The molecule has 17 heavy (non-hydrogen) atoms. The SMILES string of the molecule is C=CCNS(=O)(=O)c1ccc(C(=O)O)c(Cl)c1. The fourth-order valence-corrected chi connectivity index (χ4v) is 2.44. The molecule has 0 spiro atoms. The minimum atomic E-state index is -3.69. The van der Waals surface area contributed by atoms with Gasteiger partial charge in [-0.3, -0.25) is 0 Å². The number of halogens is 1. The molecular weight excluding hydrogens is 266 g/mol. The van der Waals surface area contributed by atoms with Crippen LogP contribution in [0, 0.1) is 0 Å². The molecule has 0 aliphatic carbocycles. The molecule has 7 heteroatoms. The highest BCUT2D eigenvalue weighted by molar-refractivity contribution is 7.89. The third-order valence-electron chi connectivity index (χ3n) is 1.90. The summed E-state index contributed by atoms with van der Waals surface area (Å²) in [6.07, 6.45) is 1.39. The Labute approximate surface area is 104 Å². The van der Waals surface area contributed by atoms with E-state index in [9.17, 15) is 13.2 Å². The summed E-state index contributed by atoms with van der Waals surface area (Å²) >= 11 is 5.67. The predicted molar refractivity (Wildman–Crippen MR) is 63.8 cm³/mol. The zero-order valence-corrected chi connectivity index (χ0v) is 10.3. The van der Waals surface area contributed by atoms with Crippen molar-refractivity contribution in [3.8, 4) is 0 Å². The predicted octanol–water partition coefficient (Wildman–Crippen LogP) is 1.50. The zero-order valence-electron chi connectivity index (χ0n) is 8.68. The summed E-state index contributed by atoms with van der Waals surface area (Å²) in [5.41, 5.74) is -0.144. The molecule has 0 aromatic heterocycles. The van der Waals surface area contributed by atoms with E-state index in [1.54, 1.807) is 0 Å². The molecule has 1 aromatic rings. The van der Waals surface area contributed by atoms with Crippen LogP contribution < -0.4 is 4.72 Å². The molecule has 1 rings (SSSR count). The smallest absolute Gasteiger partial charge is 0.337 e. The highest BCUT2D eigenvalue weighted by Crippen LogP contribution is 2.20. The van der Waals surface area contributed by atoms with Gasteiger partial charge in [0.15, 0.2) is 0 Å². The van der Waals surface area contributed by atoms with Gasteiger partial charge in [0, 0.05) is 6.54 Å². The average molecular weight is 276 g/mol. The van der Waals surface area contributed by atoms with Crippen molar-refractivity contribution < 1.29 is 18.3 Å². The number of rotatable bonds is 5.